The maximum absolute atomic E-state index is 11.1. The van der Waals surface area contributed by atoms with Gasteiger partial charge in [-0.15, -0.1) is 10.2 Å². The molecule has 1 aliphatic heterocycles. The maximum Gasteiger partial charge on any atom is 0.270 e. The van der Waals surface area contributed by atoms with Crippen LogP contribution in [0.1, 0.15) is 6.23 Å². The van der Waals surface area contributed by atoms with E-state index in [9.17, 15) is 25.4 Å². The van der Waals surface area contributed by atoms with Crippen LogP contribution in [0.15, 0.2) is 36.9 Å². The highest BCUT2D eigenvalue weighted by molar-refractivity contribution is 5.86. The van der Waals surface area contributed by atoms with Crippen molar-refractivity contribution < 1.29 is 25.0 Å². The highest BCUT2D eigenvalue weighted by Crippen LogP contribution is 2.32. The zero-order valence-electron chi connectivity index (χ0n) is 15.2. The summed E-state index contributed by atoms with van der Waals surface area (Å²) >= 11 is 0. The molecule has 1 fully saturated rings. The highest BCUT2D eigenvalue weighted by Gasteiger charge is 2.44. The number of aliphatic hydroxyl groups excluding tert-OH is 3. The third-order valence-electron chi connectivity index (χ3n) is 5.08. The van der Waals surface area contributed by atoms with Crippen molar-refractivity contribution in [3.05, 3.63) is 47.0 Å². The highest BCUT2D eigenvalue weighted by atomic mass is 16.6. The van der Waals surface area contributed by atoms with E-state index in [0.29, 0.717) is 28.2 Å². The first-order chi connectivity index (χ1) is 14.5. The third kappa shape index (κ3) is 2.64. The Morgan fingerprint density at radius 1 is 1.13 bits per heavy atom. The van der Waals surface area contributed by atoms with Crippen LogP contribution in [-0.4, -0.2) is 74.3 Å². The fourth-order valence-corrected chi connectivity index (χ4v) is 3.57. The first-order valence-electron chi connectivity index (χ1n) is 8.93. The van der Waals surface area contributed by atoms with Gasteiger partial charge in [0.15, 0.2) is 28.9 Å². The summed E-state index contributed by atoms with van der Waals surface area (Å²) in [6, 6.07) is 5.99. The summed E-state index contributed by atoms with van der Waals surface area (Å²) in [5.74, 6) is 0.352. The van der Waals surface area contributed by atoms with E-state index in [4.69, 9.17) is 4.74 Å². The molecule has 0 bridgehead atoms. The fourth-order valence-electron chi connectivity index (χ4n) is 3.57. The van der Waals surface area contributed by atoms with E-state index in [1.54, 1.807) is 16.5 Å². The van der Waals surface area contributed by atoms with Gasteiger partial charge in [0, 0.05) is 17.7 Å². The summed E-state index contributed by atoms with van der Waals surface area (Å²) < 4.78 is 8.53. The lowest BCUT2D eigenvalue weighted by atomic mass is 10.1. The molecule has 154 valence electrons. The molecule has 3 N–H and O–H groups in total. The first-order valence-corrected chi connectivity index (χ1v) is 8.93. The molecule has 0 amide bonds. The molecule has 0 unspecified atom stereocenters. The zero-order valence-corrected chi connectivity index (χ0v) is 15.2. The normalized spacial score (nSPS) is 24.1. The molecular formula is C17H15N7O6. The van der Waals surface area contributed by atoms with Gasteiger partial charge in [-0.05, 0) is 0 Å². The molecule has 1 saturated heterocycles. The van der Waals surface area contributed by atoms with Crippen LogP contribution in [0.4, 0.5) is 5.69 Å². The minimum absolute atomic E-state index is 0.0769. The Morgan fingerprint density at radius 3 is 2.70 bits per heavy atom. The van der Waals surface area contributed by atoms with E-state index < -0.39 is 36.1 Å². The molecular weight excluding hydrogens is 398 g/mol. The number of fused-ring (bicyclic) bond motifs is 3. The monoisotopic (exact) mass is 413 g/mol. The van der Waals surface area contributed by atoms with Crippen molar-refractivity contribution in [2.45, 2.75) is 24.5 Å². The van der Waals surface area contributed by atoms with E-state index in [2.05, 4.69) is 20.2 Å². The van der Waals surface area contributed by atoms with E-state index in [1.807, 2.05) is 0 Å². The number of nitro groups is 1. The minimum Gasteiger partial charge on any atom is -0.394 e. The molecule has 1 aliphatic rings. The van der Waals surface area contributed by atoms with Crippen molar-refractivity contribution in [1.82, 2.24) is 29.1 Å². The number of aliphatic hydroxyl groups is 3. The summed E-state index contributed by atoms with van der Waals surface area (Å²) in [5.41, 5.74) is 1.45. The van der Waals surface area contributed by atoms with Gasteiger partial charge < -0.3 is 20.1 Å². The average Bonchev–Trinajstić information content (AvgIpc) is 3.44. The van der Waals surface area contributed by atoms with E-state index >= 15 is 0 Å². The Hall–Kier alpha value is -3.52. The summed E-state index contributed by atoms with van der Waals surface area (Å²) in [6.07, 6.45) is -1.63. The van der Waals surface area contributed by atoms with Gasteiger partial charge in [0.2, 0.25) is 0 Å². The molecule has 0 spiro atoms. The van der Waals surface area contributed by atoms with Crippen LogP contribution < -0.4 is 0 Å². The summed E-state index contributed by atoms with van der Waals surface area (Å²) in [6.45, 7) is -0.449. The molecule has 13 heteroatoms. The van der Waals surface area contributed by atoms with Crippen molar-refractivity contribution in [2.24, 2.45) is 0 Å². The van der Waals surface area contributed by atoms with Crippen LogP contribution in [0.25, 0.3) is 28.2 Å². The molecule has 13 nitrogen and oxygen atoms in total. The van der Waals surface area contributed by atoms with Gasteiger partial charge in [-0.3, -0.25) is 19.1 Å². The Balaban J connectivity index is 1.60. The molecule has 1 aromatic carbocycles. The predicted molar refractivity (Wildman–Crippen MR) is 99.2 cm³/mol. The number of nitrogens with zero attached hydrogens (tertiary/aromatic N) is 7. The van der Waals surface area contributed by atoms with Gasteiger partial charge in [0.25, 0.3) is 5.69 Å². The number of hydrogen-bond acceptors (Lipinski definition) is 10. The number of aromatic nitrogens is 6. The number of rotatable bonds is 4. The Kier molecular flexibility index (Phi) is 4.18. The molecule has 0 radical (unpaired) electrons. The van der Waals surface area contributed by atoms with Crippen LogP contribution in [0, 0.1) is 10.1 Å². The van der Waals surface area contributed by atoms with E-state index in [0.717, 1.165) is 0 Å². The second kappa shape index (κ2) is 6.77. The second-order valence-electron chi connectivity index (χ2n) is 6.82. The lowest BCUT2D eigenvalue weighted by Gasteiger charge is -2.16. The Bertz CT molecular complexity index is 1270. The molecule has 4 heterocycles. The standard InChI is InChI=1S/C17H15N7O6/c25-5-10-12(26)13(27)17(30-10)23-6-18-11-15(23)19-7-22-14(20-21-16(11)22)8-2-1-3-9(4-8)24(28)29/h1-4,6-7,10,12-13,17,25-27H,5H2/t10-,12-,13-,17-/m1/s1. The average molecular weight is 413 g/mol. The third-order valence-corrected chi connectivity index (χ3v) is 5.08. The molecule has 0 aliphatic carbocycles. The van der Waals surface area contributed by atoms with Crippen LogP contribution in [0.2, 0.25) is 0 Å². The lowest BCUT2D eigenvalue weighted by Crippen LogP contribution is -2.33. The maximum atomic E-state index is 11.1. The fraction of sp³-hybridized carbons (Fsp3) is 0.294. The van der Waals surface area contributed by atoms with Crippen molar-refractivity contribution in [1.29, 1.82) is 0 Å². The molecule has 4 atom stereocenters. The number of ether oxygens (including phenoxy) is 1. The van der Waals surface area contributed by atoms with Gasteiger partial charge in [0.05, 0.1) is 17.9 Å². The van der Waals surface area contributed by atoms with Crippen molar-refractivity contribution in [3.63, 3.8) is 0 Å². The Labute approximate surface area is 167 Å². The second-order valence-corrected chi connectivity index (χ2v) is 6.82. The quantitative estimate of drug-likeness (QED) is 0.296. The van der Waals surface area contributed by atoms with Crippen LogP contribution >= 0.6 is 0 Å². The molecule has 30 heavy (non-hydrogen) atoms. The molecule has 0 saturated carbocycles. The number of hydrogen-bond donors (Lipinski definition) is 3. The van der Waals surface area contributed by atoms with Crippen LogP contribution in [0.5, 0.6) is 0 Å². The van der Waals surface area contributed by atoms with Crippen molar-refractivity contribution in [3.8, 4) is 11.4 Å². The smallest absolute Gasteiger partial charge is 0.270 e. The minimum atomic E-state index is -1.28. The van der Waals surface area contributed by atoms with Crippen LogP contribution in [-0.2, 0) is 4.74 Å². The summed E-state index contributed by atoms with van der Waals surface area (Å²) in [4.78, 5) is 19.2. The van der Waals surface area contributed by atoms with Gasteiger partial charge in [0.1, 0.15) is 24.6 Å². The van der Waals surface area contributed by atoms with E-state index in [-0.39, 0.29) is 5.69 Å². The SMILES string of the molecule is O=[N+]([O-])c1cccc(-c2nnc3c4ncn([C@@H]5O[C@H](CO)[C@@H](O)[C@H]5O)c4ncn23)c1. The largest absolute Gasteiger partial charge is 0.394 e. The summed E-state index contributed by atoms with van der Waals surface area (Å²) in [5, 5.41) is 48.9. The predicted octanol–water partition coefficient (Wildman–Crippen LogP) is -0.339. The Morgan fingerprint density at radius 2 is 1.97 bits per heavy atom. The number of benzene rings is 1. The molecule has 4 aromatic rings. The topological polar surface area (TPSA) is 174 Å². The first kappa shape index (κ1) is 18.5. The number of nitro benzene ring substituents is 1. The lowest BCUT2D eigenvalue weighted by molar-refractivity contribution is -0.384. The van der Waals surface area contributed by atoms with Gasteiger partial charge in [-0.2, -0.15) is 0 Å². The number of non-ortho nitro benzene ring substituents is 1. The van der Waals surface area contributed by atoms with Gasteiger partial charge in [-0.25, -0.2) is 9.97 Å². The molecule has 5 rings (SSSR count). The van der Waals surface area contributed by atoms with Gasteiger partial charge >= 0.3 is 0 Å². The van der Waals surface area contributed by atoms with E-state index in [1.165, 1.54) is 29.4 Å². The zero-order chi connectivity index (χ0) is 21.0. The summed E-state index contributed by atoms with van der Waals surface area (Å²) in [7, 11) is 0. The number of imidazole rings is 1. The van der Waals surface area contributed by atoms with Crippen LogP contribution in [0.3, 0.4) is 0 Å². The van der Waals surface area contributed by atoms with Crippen molar-refractivity contribution >= 4 is 22.5 Å². The molecule has 3 aromatic heterocycles. The van der Waals surface area contributed by atoms with Crippen molar-refractivity contribution in [2.75, 3.05) is 6.61 Å². The van der Waals surface area contributed by atoms with Gasteiger partial charge in [-0.1, -0.05) is 12.1 Å².